The van der Waals surface area contributed by atoms with E-state index in [9.17, 15) is 4.39 Å². The zero-order valence-corrected chi connectivity index (χ0v) is 7.13. The summed E-state index contributed by atoms with van der Waals surface area (Å²) in [7, 11) is 0. The average molecular weight is 172 g/mol. The van der Waals surface area contributed by atoms with Gasteiger partial charge in [0.1, 0.15) is 5.82 Å². The van der Waals surface area contributed by atoms with E-state index in [1.807, 2.05) is 18.2 Å². The van der Waals surface area contributed by atoms with Crippen LogP contribution < -0.4 is 0 Å². The molecule has 0 unspecified atom stereocenters. The monoisotopic (exact) mass is 172 g/mol. The average Bonchev–Trinajstić information content (AvgIpc) is 2.18. The molecule has 0 saturated carbocycles. The van der Waals surface area contributed by atoms with Gasteiger partial charge >= 0.3 is 0 Å². The number of fused-ring (bicyclic) bond motifs is 1. The Morgan fingerprint density at radius 1 is 1.00 bits per heavy atom. The molecule has 0 aliphatic heterocycles. The van der Waals surface area contributed by atoms with Gasteiger partial charge in [0.05, 0.1) is 0 Å². The molecule has 0 N–H and O–H groups in total. The highest BCUT2D eigenvalue weighted by atomic mass is 19.1. The molecule has 0 fully saturated rings. The Hall–Kier alpha value is -1.63. The van der Waals surface area contributed by atoms with E-state index in [2.05, 4.69) is 6.58 Å². The molecule has 1 heteroatoms. The minimum absolute atomic E-state index is 0.179. The Morgan fingerprint density at radius 2 is 1.69 bits per heavy atom. The Morgan fingerprint density at radius 3 is 2.46 bits per heavy atom. The van der Waals surface area contributed by atoms with E-state index in [-0.39, 0.29) is 5.82 Å². The number of halogens is 1. The molecule has 0 saturated heterocycles. The molecule has 2 aromatic rings. The first-order chi connectivity index (χ1) is 6.33. The van der Waals surface area contributed by atoms with Crippen LogP contribution in [-0.2, 0) is 0 Å². The van der Waals surface area contributed by atoms with Gasteiger partial charge in [-0.3, -0.25) is 0 Å². The van der Waals surface area contributed by atoms with Crippen LogP contribution in [0.3, 0.4) is 0 Å². The van der Waals surface area contributed by atoms with Gasteiger partial charge in [-0.2, -0.15) is 0 Å². The lowest BCUT2D eigenvalue weighted by molar-refractivity contribution is 0.640. The summed E-state index contributed by atoms with van der Waals surface area (Å²) in [5, 5.41) is 1.57. The van der Waals surface area contributed by atoms with Crippen molar-refractivity contribution in [3.63, 3.8) is 0 Å². The zero-order valence-electron chi connectivity index (χ0n) is 7.13. The van der Waals surface area contributed by atoms with Crippen molar-refractivity contribution in [3.05, 3.63) is 54.4 Å². The summed E-state index contributed by atoms with van der Waals surface area (Å²) in [5.41, 5.74) is 0.969. The molecule has 0 spiro atoms. The summed E-state index contributed by atoms with van der Waals surface area (Å²) < 4.78 is 13.3. The molecular formula is C12H9F. The molecule has 0 aliphatic carbocycles. The van der Waals surface area contributed by atoms with Crippen molar-refractivity contribution in [2.45, 2.75) is 0 Å². The predicted molar refractivity (Wildman–Crippen MR) is 54.0 cm³/mol. The Labute approximate surface area is 76.3 Å². The molecule has 0 heterocycles. The summed E-state index contributed by atoms with van der Waals surface area (Å²) in [6.07, 6.45) is 1.74. The van der Waals surface area contributed by atoms with E-state index >= 15 is 0 Å². The largest absolute Gasteiger partial charge is 0.206 e. The second kappa shape index (κ2) is 3.02. The Bertz CT molecular complexity index is 458. The van der Waals surface area contributed by atoms with Crippen molar-refractivity contribution in [1.29, 1.82) is 0 Å². The van der Waals surface area contributed by atoms with Gasteiger partial charge in [-0.25, -0.2) is 4.39 Å². The van der Waals surface area contributed by atoms with Gasteiger partial charge < -0.3 is 0 Å². The van der Waals surface area contributed by atoms with Crippen molar-refractivity contribution in [1.82, 2.24) is 0 Å². The van der Waals surface area contributed by atoms with E-state index < -0.39 is 0 Å². The van der Waals surface area contributed by atoms with E-state index in [0.29, 0.717) is 5.39 Å². The summed E-state index contributed by atoms with van der Waals surface area (Å²) in [5.74, 6) is -0.179. The zero-order chi connectivity index (χ0) is 9.26. The van der Waals surface area contributed by atoms with Crippen LogP contribution in [0.2, 0.25) is 0 Å². The number of hydrogen-bond acceptors (Lipinski definition) is 0. The molecule has 0 aromatic heterocycles. The third-order valence-electron chi connectivity index (χ3n) is 2.12. The quantitative estimate of drug-likeness (QED) is 0.616. The van der Waals surface area contributed by atoms with Gasteiger partial charge in [0.15, 0.2) is 0 Å². The summed E-state index contributed by atoms with van der Waals surface area (Å²) in [6, 6.07) is 10.6. The van der Waals surface area contributed by atoms with Crippen molar-refractivity contribution in [2.24, 2.45) is 0 Å². The SMILES string of the molecule is C=Cc1cccc2c(F)cccc12. The van der Waals surface area contributed by atoms with E-state index in [0.717, 1.165) is 10.9 Å². The molecule has 64 valence electrons. The molecule has 2 aromatic carbocycles. The number of hydrogen-bond donors (Lipinski definition) is 0. The fourth-order valence-electron chi connectivity index (χ4n) is 1.47. The van der Waals surface area contributed by atoms with Crippen LogP contribution in [0.25, 0.3) is 16.8 Å². The van der Waals surface area contributed by atoms with Crippen LogP contribution in [0, 0.1) is 5.82 Å². The fourth-order valence-corrected chi connectivity index (χ4v) is 1.47. The van der Waals surface area contributed by atoms with Crippen LogP contribution in [0.1, 0.15) is 5.56 Å². The summed E-state index contributed by atoms with van der Waals surface area (Å²) in [4.78, 5) is 0. The highest BCUT2D eigenvalue weighted by Crippen LogP contribution is 2.21. The molecule has 0 nitrogen and oxygen atoms in total. The van der Waals surface area contributed by atoms with Gasteiger partial charge in [-0.15, -0.1) is 0 Å². The van der Waals surface area contributed by atoms with E-state index in [1.54, 1.807) is 18.2 Å². The smallest absolute Gasteiger partial charge is 0.131 e. The number of benzene rings is 2. The van der Waals surface area contributed by atoms with Gasteiger partial charge in [-0.05, 0) is 17.0 Å². The molecule has 0 amide bonds. The standard InChI is InChI=1S/C12H9F/c1-2-9-5-3-7-11-10(9)6-4-8-12(11)13/h2-8H,1H2. The van der Waals surface area contributed by atoms with E-state index in [4.69, 9.17) is 0 Å². The lowest BCUT2D eigenvalue weighted by Gasteiger charge is -2.01. The topological polar surface area (TPSA) is 0 Å². The maximum absolute atomic E-state index is 13.3. The lowest BCUT2D eigenvalue weighted by atomic mass is 10.0. The van der Waals surface area contributed by atoms with E-state index in [1.165, 1.54) is 6.07 Å². The van der Waals surface area contributed by atoms with Crippen molar-refractivity contribution >= 4 is 16.8 Å². The lowest BCUT2D eigenvalue weighted by Crippen LogP contribution is -1.81. The van der Waals surface area contributed by atoms with Gasteiger partial charge in [0.25, 0.3) is 0 Å². The second-order valence-electron chi connectivity index (χ2n) is 2.89. The molecule has 0 bridgehead atoms. The molecule has 0 atom stereocenters. The predicted octanol–water partition coefficient (Wildman–Crippen LogP) is 3.62. The maximum Gasteiger partial charge on any atom is 0.131 e. The van der Waals surface area contributed by atoms with Crippen LogP contribution in [0.4, 0.5) is 4.39 Å². The first-order valence-electron chi connectivity index (χ1n) is 4.12. The summed E-state index contributed by atoms with van der Waals surface area (Å²) >= 11 is 0. The Kier molecular flexibility index (Phi) is 1.85. The highest BCUT2D eigenvalue weighted by molar-refractivity contribution is 5.90. The van der Waals surface area contributed by atoms with Crippen molar-refractivity contribution in [2.75, 3.05) is 0 Å². The van der Waals surface area contributed by atoms with Crippen LogP contribution in [0.5, 0.6) is 0 Å². The van der Waals surface area contributed by atoms with Gasteiger partial charge in [0, 0.05) is 5.39 Å². The molecule has 0 aliphatic rings. The second-order valence-corrected chi connectivity index (χ2v) is 2.89. The van der Waals surface area contributed by atoms with Crippen LogP contribution >= 0.6 is 0 Å². The first kappa shape index (κ1) is 7.99. The number of rotatable bonds is 1. The summed E-state index contributed by atoms with van der Waals surface area (Å²) in [6.45, 7) is 3.69. The Balaban J connectivity index is 2.92. The normalized spacial score (nSPS) is 10.2. The first-order valence-corrected chi connectivity index (χ1v) is 4.12. The minimum Gasteiger partial charge on any atom is -0.206 e. The third-order valence-corrected chi connectivity index (χ3v) is 2.12. The van der Waals surface area contributed by atoms with Crippen LogP contribution in [0.15, 0.2) is 43.0 Å². The van der Waals surface area contributed by atoms with Gasteiger partial charge in [-0.1, -0.05) is 43.0 Å². The minimum atomic E-state index is -0.179. The molecular weight excluding hydrogens is 163 g/mol. The van der Waals surface area contributed by atoms with Crippen molar-refractivity contribution < 1.29 is 4.39 Å². The fraction of sp³-hybridized carbons (Fsp3) is 0. The highest BCUT2D eigenvalue weighted by Gasteiger charge is 2.00. The maximum atomic E-state index is 13.3. The molecule has 0 radical (unpaired) electrons. The molecule has 13 heavy (non-hydrogen) atoms. The van der Waals surface area contributed by atoms with Crippen LogP contribution in [-0.4, -0.2) is 0 Å². The third kappa shape index (κ3) is 1.22. The van der Waals surface area contributed by atoms with Crippen molar-refractivity contribution in [3.8, 4) is 0 Å². The molecule has 2 rings (SSSR count). The van der Waals surface area contributed by atoms with Gasteiger partial charge in [0.2, 0.25) is 0 Å².